The van der Waals surface area contributed by atoms with Gasteiger partial charge >= 0.3 is 0 Å². The van der Waals surface area contributed by atoms with Crippen LogP contribution >= 0.6 is 15.9 Å². The van der Waals surface area contributed by atoms with Gasteiger partial charge < -0.3 is 24.8 Å². The molecule has 1 unspecified atom stereocenters. The van der Waals surface area contributed by atoms with E-state index in [1.165, 1.54) is 4.90 Å². The third kappa shape index (κ3) is 2.87. The summed E-state index contributed by atoms with van der Waals surface area (Å²) in [5.74, 6) is 0.554. The Kier molecular flexibility index (Phi) is 4.72. The largest absolute Gasteiger partial charge is 0.454 e. The number of halogens is 1. The average Bonchev–Trinajstić information content (AvgIpc) is 3.43. The molecular weight excluding hydrogens is 466 g/mol. The number of likely N-dealkylation sites (N-methyl/N-ethyl adjacent to an activating group) is 1. The smallest absolute Gasteiger partial charge is 0.254 e. The van der Waals surface area contributed by atoms with Crippen molar-refractivity contribution in [2.75, 3.05) is 32.7 Å². The maximum atomic E-state index is 13.8. The fraction of sp³-hybridized carbons (Fsp3) is 0.364. The van der Waals surface area contributed by atoms with Crippen LogP contribution in [-0.4, -0.2) is 66.3 Å². The Morgan fingerprint density at radius 2 is 2.06 bits per heavy atom. The molecule has 0 aromatic heterocycles. The summed E-state index contributed by atoms with van der Waals surface area (Å²) in [5.41, 5.74) is 0.567. The van der Waals surface area contributed by atoms with Gasteiger partial charge in [0, 0.05) is 41.9 Å². The number of carbonyl (C=O) groups is 2. The first kappa shape index (κ1) is 20.3. The topological polar surface area (TPSA) is 91.3 Å². The lowest BCUT2D eigenvalue weighted by molar-refractivity contribution is -0.138. The summed E-state index contributed by atoms with van der Waals surface area (Å²) in [4.78, 5) is 30.3. The van der Waals surface area contributed by atoms with Crippen LogP contribution in [0.15, 0.2) is 40.9 Å². The van der Waals surface area contributed by atoms with Crippen molar-refractivity contribution in [3.05, 3.63) is 52.0 Å². The predicted molar refractivity (Wildman–Crippen MR) is 116 cm³/mol. The Balaban J connectivity index is 1.81. The lowest BCUT2D eigenvalue weighted by Crippen LogP contribution is -2.57. The molecule has 3 aliphatic rings. The van der Waals surface area contributed by atoms with E-state index in [-0.39, 0.29) is 31.6 Å². The predicted octanol–water partition coefficient (Wildman–Crippen LogP) is 1.90. The fourth-order valence-electron chi connectivity index (χ4n) is 4.90. The van der Waals surface area contributed by atoms with Gasteiger partial charge in [0.2, 0.25) is 12.7 Å². The number of hydrogen-bond acceptors (Lipinski definition) is 6. The van der Waals surface area contributed by atoms with E-state index in [0.717, 1.165) is 4.47 Å². The van der Waals surface area contributed by atoms with Crippen LogP contribution in [-0.2, 0) is 15.1 Å². The zero-order valence-corrected chi connectivity index (χ0v) is 18.7. The summed E-state index contributed by atoms with van der Waals surface area (Å²) >= 11 is 3.52. The molecule has 2 amide bonds. The average molecular weight is 488 g/mol. The van der Waals surface area contributed by atoms with E-state index in [9.17, 15) is 14.7 Å². The number of nitrogens with one attached hydrogen (secondary N) is 1. The van der Waals surface area contributed by atoms with Crippen LogP contribution in [0.1, 0.15) is 17.5 Å². The van der Waals surface area contributed by atoms with Crippen molar-refractivity contribution in [1.82, 2.24) is 9.80 Å². The molecule has 3 heterocycles. The highest BCUT2D eigenvalue weighted by Gasteiger charge is 2.60. The molecule has 2 aromatic rings. The van der Waals surface area contributed by atoms with E-state index in [0.29, 0.717) is 28.3 Å². The number of hydrogen-bond donors (Lipinski definition) is 2. The molecule has 8 nitrogen and oxygen atoms in total. The van der Waals surface area contributed by atoms with E-state index in [2.05, 4.69) is 21.2 Å². The molecule has 2 aromatic carbocycles. The number of para-hydroxylation sites is 1. The minimum absolute atomic E-state index is 0.0536. The Morgan fingerprint density at radius 3 is 2.84 bits per heavy atom. The summed E-state index contributed by atoms with van der Waals surface area (Å²) in [6.07, 6.45) is -0.509. The number of rotatable bonds is 3. The fourth-order valence-corrected chi connectivity index (χ4v) is 5.26. The number of fused-ring (bicyclic) bond motifs is 2. The molecule has 1 saturated heterocycles. The van der Waals surface area contributed by atoms with Crippen LogP contribution in [0.2, 0.25) is 0 Å². The van der Waals surface area contributed by atoms with Gasteiger partial charge in [0.05, 0.1) is 12.1 Å². The highest BCUT2D eigenvalue weighted by Crippen LogP contribution is 2.53. The van der Waals surface area contributed by atoms with E-state index in [1.807, 2.05) is 35.2 Å². The highest BCUT2D eigenvalue weighted by molar-refractivity contribution is 9.10. The number of amides is 2. The number of anilines is 1. The molecule has 0 saturated carbocycles. The Hall–Kier alpha value is -2.62. The van der Waals surface area contributed by atoms with Crippen molar-refractivity contribution in [2.45, 2.75) is 24.1 Å². The van der Waals surface area contributed by atoms with Crippen LogP contribution in [0.5, 0.6) is 11.5 Å². The Bertz CT molecular complexity index is 1090. The van der Waals surface area contributed by atoms with Gasteiger partial charge in [-0.1, -0.05) is 28.1 Å². The van der Waals surface area contributed by atoms with Gasteiger partial charge in [-0.3, -0.25) is 14.5 Å². The number of ether oxygens (including phenoxy) is 2. The number of likely N-dealkylation sites (tertiary alicyclic amines) is 1. The van der Waals surface area contributed by atoms with E-state index < -0.39 is 17.7 Å². The molecule has 31 heavy (non-hydrogen) atoms. The molecule has 2 N–H and O–H groups in total. The van der Waals surface area contributed by atoms with Crippen LogP contribution in [0.4, 0.5) is 5.69 Å². The van der Waals surface area contributed by atoms with Gasteiger partial charge in [0.15, 0.2) is 17.0 Å². The second-order valence-corrected chi connectivity index (χ2v) is 9.10. The van der Waals surface area contributed by atoms with Crippen molar-refractivity contribution in [1.29, 1.82) is 0 Å². The van der Waals surface area contributed by atoms with E-state index >= 15 is 0 Å². The van der Waals surface area contributed by atoms with Gasteiger partial charge in [-0.05, 0) is 30.7 Å². The van der Waals surface area contributed by atoms with Crippen molar-refractivity contribution >= 4 is 33.4 Å². The summed E-state index contributed by atoms with van der Waals surface area (Å²) < 4.78 is 12.2. The molecule has 3 aliphatic heterocycles. The first-order valence-electron chi connectivity index (χ1n) is 10.0. The van der Waals surface area contributed by atoms with Gasteiger partial charge in [0.25, 0.3) is 5.91 Å². The third-order valence-corrected chi connectivity index (χ3v) is 6.66. The zero-order valence-electron chi connectivity index (χ0n) is 17.1. The quantitative estimate of drug-likeness (QED) is 0.686. The molecule has 3 atom stereocenters. The number of aliphatic hydroxyl groups is 1. The monoisotopic (exact) mass is 487 g/mol. The van der Waals surface area contributed by atoms with Crippen LogP contribution in [0.25, 0.3) is 0 Å². The first-order valence-corrected chi connectivity index (χ1v) is 10.8. The van der Waals surface area contributed by atoms with Crippen LogP contribution in [0.3, 0.4) is 0 Å². The molecule has 0 radical (unpaired) electrons. The number of benzene rings is 2. The molecular formula is C22H22BrN3O5. The first-order chi connectivity index (χ1) is 14.8. The number of carbonyl (C=O) groups excluding carboxylic acids is 2. The minimum Gasteiger partial charge on any atom is -0.454 e. The molecule has 162 valence electrons. The molecule has 1 fully saturated rings. The molecule has 5 rings (SSSR count). The van der Waals surface area contributed by atoms with Crippen LogP contribution < -0.4 is 14.8 Å². The van der Waals surface area contributed by atoms with Crippen molar-refractivity contribution in [3.8, 4) is 11.5 Å². The SMILES string of the molecule is CN(C)C(=O)[C@@H]1C[C@@H](O)CN1C1(c2cccc3c2OCO3)C(=O)Nc2ccc(Br)cc21. The van der Waals surface area contributed by atoms with E-state index in [1.54, 1.807) is 20.2 Å². The third-order valence-electron chi connectivity index (χ3n) is 6.17. The summed E-state index contributed by atoms with van der Waals surface area (Å²) in [6, 6.07) is 10.3. The molecule has 0 spiro atoms. The molecule has 0 aliphatic carbocycles. The second kappa shape index (κ2) is 7.22. The van der Waals surface area contributed by atoms with Gasteiger partial charge in [-0.2, -0.15) is 0 Å². The molecule has 9 heteroatoms. The summed E-state index contributed by atoms with van der Waals surface area (Å²) in [5, 5.41) is 13.6. The van der Waals surface area contributed by atoms with Gasteiger partial charge in [-0.15, -0.1) is 0 Å². The van der Waals surface area contributed by atoms with Crippen molar-refractivity contribution in [3.63, 3.8) is 0 Å². The van der Waals surface area contributed by atoms with Gasteiger partial charge in [-0.25, -0.2) is 0 Å². The van der Waals surface area contributed by atoms with E-state index in [4.69, 9.17) is 9.47 Å². The minimum atomic E-state index is -1.37. The van der Waals surface area contributed by atoms with Gasteiger partial charge in [0.1, 0.15) is 0 Å². The molecule has 0 bridgehead atoms. The number of β-amino-alcohol motifs (C(OH)–C–C–N with tert-alkyl or cyclic N) is 1. The lowest BCUT2D eigenvalue weighted by Gasteiger charge is -2.41. The zero-order chi connectivity index (χ0) is 21.9. The Morgan fingerprint density at radius 1 is 1.26 bits per heavy atom. The maximum Gasteiger partial charge on any atom is 0.254 e. The second-order valence-electron chi connectivity index (χ2n) is 8.18. The Labute approximate surface area is 187 Å². The lowest BCUT2D eigenvalue weighted by atomic mass is 9.80. The normalized spacial score (nSPS) is 26.6. The maximum absolute atomic E-state index is 13.8. The number of aliphatic hydroxyl groups excluding tert-OH is 1. The van der Waals surface area contributed by atoms with Crippen LogP contribution in [0, 0.1) is 0 Å². The standard InChI is InChI=1S/C22H22BrN3O5/c1-25(2)20(28)17-9-13(27)10-26(17)22(14-4-3-5-18-19(14)31-11-30-18)15-8-12(23)6-7-16(15)24-21(22)29/h3-8,13,17,27H,9-11H2,1-2H3,(H,24,29)/t13-,17+,22?/m1/s1. The van der Waals surface area contributed by atoms with Crippen molar-refractivity contribution in [2.24, 2.45) is 0 Å². The van der Waals surface area contributed by atoms with Crippen molar-refractivity contribution < 1.29 is 24.2 Å². The highest BCUT2D eigenvalue weighted by atomic mass is 79.9. The summed E-state index contributed by atoms with van der Waals surface area (Å²) in [6.45, 7) is 0.214. The summed E-state index contributed by atoms with van der Waals surface area (Å²) in [7, 11) is 3.35. The number of nitrogens with zero attached hydrogens (tertiary/aromatic N) is 2.